The predicted molar refractivity (Wildman–Crippen MR) is 127 cm³/mol. The fraction of sp³-hybridized carbons (Fsp3) is 0.259. The Labute approximate surface area is 192 Å². The normalized spacial score (nSPS) is 15.1. The lowest BCUT2D eigenvalue weighted by atomic mass is 9.99. The first-order valence-electron chi connectivity index (χ1n) is 11.2. The Bertz CT molecular complexity index is 1390. The molecule has 1 N–H and O–H groups in total. The molecule has 1 aliphatic rings. The molecule has 1 unspecified atom stereocenters. The van der Waals surface area contributed by atoms with Crippen LogP contribution in [0.3, 0.4) is 0 Å². The molecule has 6 nitrogen and oxygen atoms in total. The first kappa shape index (κ1) is 20.9. The summed E-state index contributed by atoms with van der Waals surface area (Å²) in [6, 6.07) is 19.8. The summed E-state index contributed by atoms with van der Waals surface area (Å²) in [6.07, 6.45) is 5.60. The number of carbonyl (C=O) groups is 1. The van der Waals surface area contributed by atoms with Crippen LogP contribution in [-0.2, 0) is 6.54 Å². The Kier molecular flexibility index (Phi) is 5.18. The number of carbonyl (C=O) groups excluding carboxylic acids is 1. The second-order valence-electron chi connectivity index (χ2n) is 8.94. The van der Waals surface area contributed by atoms with Crippen LogP contribution in [0.15, 0.2) is 67.0 Å². The molecule has 0 saturated heterocycles. The molecule has 1 saturated carbocycles. The number of nitriles is 1. The highest BCUT2D eigenvalue weighted by Gasteiger charge is 2.43. The maximum atomic E-state index is 12.9. The van der Waals surface area contributed by atoms with Gasteiger partial charge in [0.2, 0.25) is 0 Å². The molecular formula is C27H25N5O. The molecule has 0 spiro atoms. The second kappa shape index (κ2) is 8.18. The lowest BCUT2D eigenvalue weighted by Gasteiger charge is -2.18. The summed E-state index contributed by atoms with van der Waals surface area (Å²) in [4.78, 5) is 17.8. The number of aromatic nitrogens is 3. The van der Waals surface area contributed by atoms with E-state index in [9.17, 15) is 10.1 Å². The molecule has 2 aromatic heterocycles. The lowest BCUT2D eigenvalue weighted by molar-refractivity contribution is 0.0939. The molecule has 164 valence electrons. The van der Waals surface area contributed by atoms with Crippen LogP contribution in [0.5, 0.6) is 0 Å². The third kappa shape index (κ3) is 4.10. The molecule has 0 radical (unpaired) electrons. The van der Waals surface area contributed by atoms with E-state index in [4.69, 9.17) is 4.98 Å². The average molecular weight is 436 g/mol. The molecule has 1 fully saturated rings. The number of aryl methyl sites for hydroxylation is 1. The smallest absolute Gasteiger partial charge is 0.252 e. The summed E-state index contributed by atoms with van der Waals surface area (Å²) in [6.45, 7) is 4.54. The Morgan fingerprint density at radius 1 is 1.21 bits per heavy atom. The highest BCUT2D eigenvalue weighted by atomic mass is 16.1. The van der Waals surface area contributed by atoms with Crippen LogP contribution in [0.4, 0.5) is 0 Å². The van der Waals surface area contributed by atoms with E-state index in [1.54, 1.807) is 6.20 Å². The van der Waals surface area contributed by atoms with Gasteiger partial charge in [0.15, 0.2) is 0 Å². The topological polar surface area (TPSA) is 83.6 Å². The number of nitrogens with one attached hydrogen (secondary N) is 1. The van der Waals surface area contributed by atoms with Gasteiger partial charge in [-0.1, -0.05) is 36.4 Å². The molecule has 1 amide bonds. The van der Waals surface area contributed by atoms with Crippen molar-refractivity contribution >= 4 is 16.8 Å². The highest BCUT2D eigenvalue weighted by Crippen LogP contribution is 2.46. The van der Waals surface area contributed by atoms with Gasteiger partial charge in [-0.3, -0.25) is 9.48 Å². The van der Waals surface area contributed by atoms with Gasteiger partial charge in [-0.25, -0.2) is 4.98 Å². The summed E-state index contributed by atoms with van der Waals surface area (Å²) < 4.78 is 1.84. The Morgan fingerprint density at radius 2 is 1.97 bits per heavy atom. The third-order valence-corrected chi connectivity index (χ3v) is 6.44. The van der Waals surface area contributed by atoms with Crippen LogP contribution >= 0.6 is 0 Å². The number of nitrogens with zero attached hydrogens (tertiary/aromatic N) is 4. The van der Waals surface area contributed by atoms with E-state index in [2.05, 4.69) is 16.5 Å². The van der Waals surface area contributed by atoms with Crippen LogP contribution in [0.2, 0.25) is 0 Å². The van der Waals surface area contributed by atoms with E-state index in [1.165, 1.54) is 0 Å². The first-order chi connectivity index (χ1) is 16.0. The van der Waals surface area contributed by atoms with Crippen molar-refractivity contribution in [2.75, 3.05) is 0 Å². The van der Waals surface area contributed by atoms with E-state index < -0.39 is 0 Å². The minimum atomic E-state index is -0.264. The van der Waals surface area contributed by atoms with Crippen molar-refractivity contribution in [1.82, 2.24) is 20.1 Å². The number of rotatable bonds is 6. The lowest BCUT2D eigenvalue weighted by Crippen LogP contribution is -2.27. The molecule has 6 heteroatoms. The van der Waals surface area contributed by atoms with Crippen molar-refractivity contribution in [2.24, 2.45) is 5.41 Å². The number of hydrogen-bond acceptors (Lipinski definition) is 4. The van der Waals surface area contributed by atoms with E-state index >= 15 is 0 Å². The molecular weight excluding hydrogens is 410 g/mol. The number of fused-ring (bicyclic) bond motifs is 1. The number of pyridine rings is 1. The van der Waals surface area contributed by atoms with E-state index in [0.29, 0.717) is 12.1 Å². The molecule has 33 heavy (non-hydrogen) atoms. The molecule has 2 aromatic carbocycles. The van der Waals surface area contributed by atoms with Gasteiger partial charge in [-0.15, -0.1) is 0 Å². The fourth-order valence-corrected chi connectivity index (χ4v) is 4.24. The molecule has 0 bridgehead atoms. The maximum Gasteiger partial charge on any atom is 0.252 e. The summed E-state index contributed by atoms with van der Waals surface area (Å²) in [7, 11) is 0. The van der Waals surface area contributed by atoms with Gasteiger partial charge in [-0.2, -0.15) is 10.4 Å². The van der Waals surface area contributed by atoms with Crippen LogP contribution in [0.1, 0.15) is 47.3 Å². The quantitative estimate of drug-likeness (QED) is 0.451. The van der Waals surface area contributed by atoms with E-state index in [-0.39, 0.29) is 17.4 Å². The van der Waals surface area contributed by atoms with Crippen LogP contribution in [-0.4, -0.2) is 20.7 Å². The summed E-state index contributed by atoms with van der Waals surface area (Å²) >= 11 is 0. The standard InChI is InChI=1S/C27H25N5O/c1-18-7-3-4-8-21(18)26(33)30-19(2)23-13-25(31-24-10-6-5-9-22(23)24)20-14-29-32(15-20)17-27(16-28)11-12-27/h3-10,13-15,19H,11-12,17H2,1-2H3,(H,30,33). The third-order valence-electron chi connectivity index (χ3n) is 6.44. The molecule has 4 aromatic rings. The van der Waals surface area contributed by atoms with Crippen LogP contribution in [0.25, 0.3) is 22.2 Å². The Hall–Kier alpha value is -3.98. The fourth-order valence-electron chi connectivity index (χ4n) is 4.24. The van der Waals surface area contributed by atoms with Gasteiger partial charge in [0.05, 0.1) is 41.5 Å². The molecule has 1 atom stereocenters. The van der Waals surface area contributed by atoms with Crippen LogP contribution in [0, 0.1) is 23.7 Å². The van der Waals surface area contributed by atoms with Gasteiger partial charge in [0.25, 0.3) is 5.91 Å². The first-order valence-corrected chi connectivity index (χ1v) is 11.2. The van der Waals surface area contributed by atoms with Gasteiger partial charge in [0, 0.05) is 22.7 Å². The number of benzene rings is 2. The minimum Gasteiger partial charge on any atom is -0.345 e. The van der Waals surface area contributed by atoms with Crippen molar-refractivity contribution in [3.8, 4) is 17.3 Å². The molecule has 1 aliphatic carbocycles. The monoisotopic (exact) mass is 435 g/mol. The number of para-hydroxylation sites is 1. The van der Waals surface area contributed by atoms with Gasteiger partial charge in [0.1, 0.15) is 0 Å². The zero-order valence-corrected chi connectivity index (χ0v) is 18.7. The molecule has 2 heterocycles. The van der Waals surface area contributed by atoms with Crippen molar-refractivity contribution in [2.45, 2.75) is 39.3 Å². The maximum absolute atomic E-state index is 12.9. The minimum absolute atomic E-state index is 0.0953. The number of amides is 1. The van der Waals surface area contributed by atoms with Gasteiger partial charge >= 0.3 is 0 Å². The summed E-state index contributed by atoms with van der Waals surface area (Å²) in [5.74, 6) is -0.0953. The number of hydrogen-bond donors (Lipinski definition) is 1. The van der Waals surface area contributed by atoms with E-state index in [1.807, 2.05) is 79.3 Å². The molecule has 0 aliphatic heterocycles. The Morgan fingerprint density at radius 3 is 2.73 bits per heavy atom. The molecule has 5 rings (SSSR count). The van der Waals surface area contributed by atoms with Crippen molar-refractivity contribution in [1.29, 1.82) is 5.26 Å². The summed E-state index contributed by atoms with van der Waals surface area (Å²) in [5.41, 5.74) is 4.92. The highest BCUT2D eigenvalue weighted by molar-refractivity contribution is 5.96. The largest absolute Gasteiger partial charge is 0.345 e. The zero-order chi connectivity index (χ0) is 23.0. The second-order valence-corrected chi connectivity index (χ2v) is 8.94. The van der Waals surface area contributed by atoms with Gasteiger partial charge in [-0.05, 0) is 56.0 Å². The van der Waals surface area contributed by atoms with Crippen molar-refractivity contribution in [3.63, 3.8) is 0 Å². The van der Waals surface area contributed by atoms with Gasteiger partial charge < -0.3 is 5.32 Å². The van der Waals surface area contributed by atoms with Crippen molar-refractivity contribution < 1.29 is 4.79 Å². The average Bonchev–Trinajstić information content (AvgIpc) is 3.45. The predicted octanol–water partition coefficient (Wildman–Crippen LogP) is 5.20. The SMILES string of the molecule is Cc1ccccc1C(=O)NC(C)c1cc(-c2cnn(CC3(C#N)CC3)c2)nc2ccccc12. The zero-order valence-electron chi connectivity index (χ0n) is 18.7. The van der Waals surface area contributed by atoms with Crippen LogP contribution < -0.4 is 5.32 Å². The Balaban J connectivity index is 1.48. The summed E-state index contributed by atoms with van der Waals surface area (Å²) in [5, 5.41) is 18.0. The van der Waals surface area contributed by atoms with E-state index in [0.717, 1.165) is 46.1 Å². The van der Waals surface area contributed by atoms with Crippen molar-refractivity contribution in [3.05, 3.63) is 83.7 Å².